The van der Waals surface area contributed by atoms with Gasteiger partial charge in [-0.2, -0.15) is 5.10 Å². The molecule has 23 heavy (non-hydrogen) atoms. The van der Waals surface area contributed by atoms with E-state index in [1.807, 2.05) is 55.9 Å². The maximum atomic E-state index is 11.5. The second-order valence-corrected chi connectivity index (χ2v) is 6.34. The zero-order valence-corrected chi connectivity index (χ0v) is 14.0. The number of carbonyl (C=O) groups is 1. The summed E-state index contributed by atoms with van der Waals surface area (Å²) in [4.78, 5) is 11.5. The van der Waals surface area contributed by atoms with Gasteiger partial charge in [0.1, 0.15) is 5.60 Å². The Morgan fingerprint density at radius 3 is 2.87 bits per heavy atom. The number of alkyl carbamates (subject to hydrolysis) is 1. The highest BCUT2D eigenvalue weighted by molar-refractivity contribution is 5.68. The SMILES string of the molecule is Cc1cccc(-n2cc(C=CCNC(=O)OC(C)(C)C)cn2)c1. The number of carbonyl (C=O) groups excluding carboxylic acids is 1. The maximum Gasteiger partial charge on any atom is 0.407 e. The molecule has 0 saturated carbocycles. The van der Waals surface area contributed by atoms with Crippen LogP contribution < -0.4 is 5.32 Å². The number of benzene rings is 1. The van der Waals surface area contributed by atoms with Crippen LogP contribution in [0.5, 0.6) is 0 Å². The maximum absolute atomic E-state index is 11.5. The third-order valence-corrected chi connectivity index (χ3v) is 2.94. The first-order valence-corrected chi connectivity index (χ1v) is 7.58. The molecule has 2 aromatic rings. The zero-order chi connectivity index (χ0) is 16.9. The summed E-state index contributed by atoms with van der Waals surface area (Å²) in [5.74, 6) is 0. The van der Waals surface area contributed by atoms with Gasteiger partial charge in [-0.3, -0.25) is 0 Å². The third kappa shape index (κ3) is 5.62. The molecule has 1 amide bonds. The second-order valence-electron chi connectivity index (χ2n) is 6.34. The Kier molecular flexibility index (Phi) is 5.21. The van der Waals surface area contributed by atoms with Gasteiger partial charge in [0.2, 0.25) is 0 Å². The predicted molar refractivity (Wildman–Crippen MR) is 91.6 cm³/mol. The predicted octanol–water partition coefficient (Wildman–Crippen LogP) is 3.72. The summed E-state index contributed by atoms with van der Waals surface area (Å²) in [6.07, 6.45) is 7.08. The first kappa shape index (κ1) is 16.8. The zero-order valence-electron chi connectivity index (χ0n) is 14.0. The number of amides is 1. The fourth-order valence-electron chi connectivity index (χ4n) is 1.99. The summed E-state index contributed by atoms with van der Waals surface area (Å²) in [7, 11) is 0. The van der Waals surface area contributed by atoms with Gasteiger partial charge in [-0.05, 0) is 45.4 Å². The number of aromatic nitrogens is 2. The van der Waals surface area contributed by atoms with E-state index in [1.54, 1.807) is 6.20 Å². The molecule has 5 heteroatoms. The van der Waals surface area contributed by atoms with E-state index in [9.17, 15) is 4.79 Å². The summed E-state index contributed by atoms with van der Waals surface area (Å²) in [5, 5.41) is 7.02. The molecule has 2 rings (SSSR count). The van der Waals surface area contributed by atoms with Crippen LogP contribution in [0.4, 0.5) is 4.79 Å². The first-order valence-electron chi connectivity index (χ1n) is 7.58. The van der Waals surface area contributed by atoms with Gasteiger partial charge in [-0.1, -0.05) is 24.3 Å². The lowest BCUT2D eigenvalue weighted by molar-refractivity contribution is 0.0534. The Hall–Kier alpha value is -2.56. The molecule has 0 radical (unpaired) electrons. The van der Waals surface area contributed by atoms with Crippen LogP contribution in [0.25, 0.3) is 11.8 Å². The molecule has 5 nitrogen and oxygen atoms in total. The number of nitrogens with zero attached hydrogens (tertiary/aromatic N) is 2. The minimum Gasteiger partial charge on any atom is -0.444 e. The van der Waals surface area contributed by atoms with E-state index in [0.29, 0.717) is 6.54 Å². The molecule has 122 valence electrons. The Bertz CT molecular complexity index is 696. The van der Waals surface area contributed by atoms with E-state index >= 15 is 0 Å². The van der Waals surface area contributed by atoms with E-state index in [-0.39, 0.29) is 0 Å². The molecule has 0 saturated heterocycles. The van der Waals surface area contributed by atoms with Crippen LogP contribution in [0.2, 0.25) is 0 Å². The largest absolute Gasteiger partial charge is 0.444 e. The molecule has 0 bridgehead atoms. The van der Waals surface area contributed by atoms with Crippen LogP contribution in [0.15, 0.2) is 42.7 Å². The monoisotopic (exact) mass is 313 g/mol. The van der Waals surface area contributed by atoms with Crippen LogP contribution in [0.1, 0.15) is 31.9 Å². The van der Waals surface area contributed by atoms with Crippen molar-refractivity contribution in [2.24, 2.45) is 0 Å². The summed E-state index contributed by atoms with van der Waals surface area (Å²) < 4.78 is 6.99. The summed E-state index contributed by atoms with van der Waals surface area (Å²) in [6.45, 7) is 7.97. The molecular formula is C18H23N3O2. The first-order chi connectivity index (χ1) is 10.8. The van der Waals surface area contributed by atoms with Crippen molar-refractivity contribution >= 4 is 12.2 Å². The fourth-order valence-corrected chi connectivity index (χ4v) is 1.99. The Morgan fingerprint density at radius 1 is 1.39 bits per heavy atom. The Balaban J connectivity index is 1.88. The van der Waals surface area contributed by atoms with E-state index in [4.69, 9.17) is 4.74 Å². The van der Waals surface area contributed by atoms with Gasteiger partial charge in [0.05, 0.1) is 11.9 Å². The molecule has 0 aliphatic heterocycles. The number of nitrogens with one attached hydrogen (secondary N) is 1. The number of hydrogen-bond donors (Lipinski definition) is 1. The van der Waals surface area contributed by atoms with Crippen LogP contribution in [0, 0.1) is 6.92 Å². The molecule has 0 aliphatic rings. The summed E-state index contributed by atoms with van der Waals surface area (Å²) in [5.41, 5.74) is 2.70. The van der Waals surface area contributed by atoms with Gasteiger partial charge >= 0.3 is 6.09 Å². The van der Waals surface area contributed by atoms with Gasteiger partial charge in [0.25, 0.3) is 0 Å². The van der Waals surface area contributed by atoms with Gasteiger partial charge in [0.15, 0.2) is 0 Å². The topological polar surface area (TPSA) is 56.2 Å². The molecule has 1 aromatic carbocycles. The van der Waals surface area contributed by atoms with E-state index < -0.39 is 11.7 Å². The second kappa shape index (κ2) is 7.13. The fraction of sp³-hybridized carbons (Fsp3) is 0.333. The van der Waals surface area contributed by atoms with Crippen molar-refractivity contribution in [2.75, 3.05) is 6.54 Å². The minimum atomic E-state index is -0.483. The van der Waals surface area contributed by atoms with Crippen molar-refractivity contribution in [1.29, 1.82) is 0 Å². The van der Waals surface area contributed by atoms with Crippen molar-refractivity contribution in [1.82, 2.24) is 15.1 Å². The standard InChI is InChI=1S/C18H23N3O2/c1-14-7-5-9-16(11-14)21-13-15(12-20-21)8-6-10-19-17(22)23-18(2,3)4/h5-9,11-13H,10H2,1-4H3,(H,19,22). The molecular weight excluding hydrogens is 290 g/mol. The van der Waals surface area contributed by atoms with Crippen molar-refractivity contribution in [3.05, 3.63) is 53.9 Å². The molecule has 1 heterocycles. The third-order valence-electron chi connectivity index (χ3n) is 2.94. The molecule has 0 aliphatic carbocycles. The molecule has 1 aromatic heterocycles. The average molecular weight is 313 g/mol. The lowest BCUT2D eigenvalue weighted by Gasteiger charge is -2.19. The number of hydrogen-bond acceptors (Lipinski definition) is 3. The smallest absolute Gasteiger partial charge is 0.407 e. The molecule has 1 N–H and O–H groups in total. The Morgan fingerprint density at radius 2 is 2.17 bits per heavy atom. The molecule has 0 atom stereocenters. The van der Waals surface area contributed by atoms with E-state index in [0.717, 1.165) is 11.3 Å². The van der Waals surface area contributed by atoms with E-state index in [2.05, 4.69) is 29.5 Å². The van der Waals surface area contributed by atoms with Gasteiger partial charge in [-0.15, -0.1) is 0 Å². The van der Waals surface area contributed by atoms with Crippen molar-refractivity contribution in [3.63, 3.8) is 0 Å². The van der Waals surface area contributed by atoms with Crippen molar-refractivity contribution in [2.45, 2.75) is 33.3 Å². The van der Waals surface area contributed by atoms with Crippen LogP contribution in [-0.4, -0.2) is 28.0 Å². The lowest BCUT2D eigenvalue weighted by Crippen LogP contribution is -2.32. The molecule has 0 spiro atoms. The summed E-state index contributed by atoms with van der Waals surface area (Å²) >= 11 is 0. The van der Waals surface area contributed by atoms with Crippen LogP contribution in [-0.2, 0) is 4.74 Å². The quantitative estimate of drug-likeness (QED) is 0.936. The highest BCUT2D eigenvalue weighted by Gasteiger charge is 2.14. The molecule has 0 unspecified atom stereocenters. The van der Waals surface area contributed by atoms with Crippen LogP contribution in [0.3, 0.4) is 0 Å². The summed E-state index contributed by atoms with van der Waals surface area (Å²) in [6, 6.07) is 8.14. The minimum absolute atomic E-state index is 0.407. The lowest BCUT2D eigenvalue weighted by atomic mass is 10.2. The average Bonchev–Trinajstić information content (AvgIpc) is 2.90. The van der Waals surface area contributed by atoms with Crippen molar-refractivity contribution < 1.29 is 9.53 Å². The molecule has 0 fully saturated rings. The van der Waals surface area contributed by atoms with Gasteiger partial charge in [0, 0.05) is 18.3 Å². The number of rotatable bonds is 4. The highest BCUT2D eigenvalue weighted by Crippen LogP contribution is 2.11. The van der Waals surface area contributed by atoms with E-state index in [1.165, 1.54) is 5.56 Å². The van der Waals surface area contributed by atoms with Gasteiger partial charge < -0.3 is 10.1 Å². The highest BCUT2D eigenvalue weighted by atomic mass is 16.6. The van der Waals surface area contributed by atoms with Gasteiger partial charge in [-0.25, -0.2) is 9.48 Å². The number of aryl methyl sites for hydroxylation is 1. The van der Waals surface area contributed by atoms with Crippen molar-refractivity contribution in [3.8, 4) is 5.69 Å². The normalized spacial score (nSPS) is 11.7. The number of ether oxygens (including phenoxy) is 1. The Labute approximate surface area is 137 Å². The van der Waals surface area contributed by atoms with Crippen LogP contribution >= 0.6 is 0 Å².